The Morgan fingerprint density at radius 2 is 2.11 bits per heavy atom. The van der Waals surface area contributed by atoms with Gasteiger partial charge in [0.15, 0.2) is 0 Å². The monoisotopic (exact) mass is 288 g/mol. The fourth-order valence-corrected chi connectivity index (χ4v) is 2.85. The van der Waals surface area contributed by atoms with E-state index in [0.29, 0.717) is 0 Å². The molecule has 1 aromatic carbocycles. The number of esters is 1. The predicted octanol–water partition coefficient (Wildman–Crippen LogP) is 0.158. The van der Waals surface area contributed by atoms with Crippen LogP contribution in [0.2, 0.25) is 0 Å². The highest BCUT2D eigenvalue weighted by atomic mass is 32.2. The van der Waals surface area contributed by atoms with E-state index in [0.717, 1.165) is 10.4 Å². The zero-order valence-electron chi connectivity index (χ0n) is 10.7. The van der Waals surface area contributed by atoms with Gasteiger partial charge in [0.25, 0.3) is 0 Å². The number of hydrogen-bond donors (Lipinski definition) is 2. The molecule has 0 heterocycles. The van der Waals surface area contributed by atoms with Crippen molar-refractivity contribution in [1.82, 2.24) is 4.31 Å². The van der Waals surface area contributed by atoms with Gasteiger partial charge in [-0.25, -0.2) is 8.42 Å². The number of sulfonamides is 1. The molecule has 0 atom stereocenters. The molecule has 1 aromatic rings. The van der Waals surface area contributed by atoms with Crippen LogP contribution in [0.4, 0.5) is 5.69 Å². The van der Waals surface area contributed by atoms with Gasteiger partial charge < -0.3 is 15.6 Å². The molecule has 106 valence electrons. The van der Waals surface area contributed by atoms with Crippen LogP contribution in [0.3, 0.4) is 0 Å². The van der Waals surface area contributed by atoms with Crippen molar-refractivity contribution in [2.45, 2.75) is 11.8 Å². The maximum atomic E-state index is 12.3. The number of anilines is 1. The molecular weight excluding hydrogens is 272 g/mol. The molecule has 0 saturated carbocycles. The van der Waals surface area contributed by atoms with Crippen LogP contribution in [0.1, 0.15) is 6.92 Å². The van der Waals surface area contributed by atoms with Gasteiger partial charge in [-0.15, -0.1) is 0 Å². The highest BCUT2D eigenvalue weighted by Crippen LogP contribution is 2.25. The fraction of sp³-hybridized carbons (Fsp3) is 0.364. The number of phenolic OH excluding ortho intramolecular Hbond substituents is 1. The van der Waals surface area contributed by atoms with Gasteiger partial charge in [-0.05, 0) is 18.2 Å². The van der Waals surface area contributed by atoms with E-state index >= 15 is 0 Å². The van der Waals surface area contributed by atoms with Crippen LogP contribution in [-0.4, -0.2) is 44.0 Å². The molecular formula is C11H16N2O5S. The van der Waals surface area contributed by atoms with Crippen molar-refractivity contribution in [2.75, 3.05) is 25.9 Å². The van der Waals surface area contributed by atoms with Crippen molar-refractivity contribution in [3.63, 3.8) is 0 Å². The van der Waals surface area contributed by atoms with Crippen molar-refractivity contribution in [3.05, 3.63) is 18.2 Å². The lowest BCUT2D eigenvalue weighted by Gasteiger charge is -2.19. The SMILES string of the molecule is CCN(CC(=O)OC)S(=O)(=O)c1ccc(O)c(N)c1. The number of ether oxygens (including phenoxy) is 1. The first-order chi connectivity index (χ1) is 8.82. The summed E-state index contributed by atoms with van der Waals surface area (Å²) in [5.41, 5.74) is 5.42. The van der Waals surface area contributed by atoms with Crippen LogP contribution in [0.15, 0.2) is 23.1 Å². The summed E-state index contributed by atoms with van der Waals surface area (Å²) in [4.78, 5) is 11.1. The van der Waals surface area contributed by atoms with E-state index < -0.39 is 16.0 Å². The van der Waals surface area contributed by atoms with Crippen LogP contribution < -0.4 is 5.73 Å². The summed E-state index contributed by atoms with van der Waals surface area (Å²) in [5, 5.41) is 9.28. The third kappa shape index (κ3) is 3.36. The molecule has 0 aliphatic rings. The minimum absolute atomic E-state index is 0.0461. The first-order valence-corrected chi connectivity index (χ1v) is 6.92. The highest BCUT2D eigenvalue weighted by Gasteiger charge is 2.26. The summed E-state index contributed by atoms with van der Waals surface area (Å²) in [5.74, 6) is -0.854. The van der Waals surface area contributed by atoms with E-state index in [1.807, 2.05) is 0 Å². The third-order valence-electron chi connectivity index (χ3n) is 2.52. The molecule has 0 amide bonds. The van der Waals surface area contributed by atoms with Crippen LogP contribution in [-0.2, 0) is 19.6 Å². The Balaban J connectivity index is 3.13. The maximum absolute atomic E-state index is 12.3. The Morgan fingerprint density at radius 1 is 1.47 bits per heavy atom. The van der Waals surface area contributed by atoms with Crippen LogP contribution in [0.25, 0.3) is 0 Å². The molecule has 0 bridgehead atoms. The number of nitrogens with zero attached hydrogens (tertiary/aromatic N) is 1. The average molecular weight is 288 g/mol. The predicted molar refractivity (Wildman–Crippen MR) is 69.0 cm³/mol. The summed E-state index contributed by atoms with van der Waals surface area (Å²) in [7, 11) is -2.67. The molecule has 0 radical (unpaired) electrons. The van der Waals surface area contributed by atoms with E-state index in [4.69, 9.17) is 5.73 Å². The first-order valence-electron chi connectivity index (χ1n) is 5.48. The van der Waals surface area contributed by atoms with E-state index in [2.05, 4.69) is 4.74 Å². The lowest BCUT2D eigenvalue weighted by Crippen LogP contribution is -2.36. The van der Waals surface area contributed by atoms with Gasteiger partial charge in [0.1, 0.15) is 12.3 Å². The number of phenols is 1. The molecule has 0 fully saturated rings. The van der Waals surface area contributed by atoms with E-state index in [9.17, 15) is 18.3 Å². The summed E-state index contributed by atoms with van der Waals surface area (Å²) in [6, 6.07) is 3.56. The Bertz CT molecular complexity index is 570. The number of benzene rings is 1. The highest BCUT2D eigenvalue weighted by molar-refractivity contribution is 7.89. The van der Waals surface area contributed by atoms with Gasteiger partial charge in [-0.1, -0.05) is 6.92 Å². The Morgan fingerprint density at radius 3 is 2.58 bits per heavy atom. The zero-order chi connectivity index (χ0) is 14.6. The Hall–Kier alpha value is -1.80. The number of aromatic hydroxyl groups is 1. The van der Waals surface area contributed by atoms with Crippen LogP contribution in [0, 0.1) is 0 Å². The summed E-state index contributed by atoms with van der Waals surface area (Å²) >= 11 is 0. The number of methoxy groups -OCH3 is 1. The van der Waals surface area contributed by atoms with Crippen LogP contribution >= 0.6 is 0 Å². The first kappa shape index (κ1) is 15.3. The second-order valence-electron chi connectivity index (χ2n) is 3.73. The quantitative estimate of drug-likeness (QED) is 0.453. The third-order valence-corrected chi connectivity index (χ3v) is 4.44. The van der Waals surface area contributed by atoms with Gasteiger partial charge >= 0.3 is 5.97 Å². The summed E-state index contributed by atoms with van der Waals surface area (Å²) in [6.45, 7) is 1.33. The van der Waals surface area contributed by atoms with Crippen molar-refractivity contribution in [2.24, 2.45) is 0 Å². The summed E-state index contributed by atoms with van der Waals surface area (Å²) in [6.07, 6.45) is 0. The lowest BCUT2D eigenvalue weighted by atomic mass is 10.3. The molecule has 0 aromatic heterocycles. The van der Waals surface area contributed by atoms with E-state index in [1.165, 1.54) is 19.2 Å². The maximum Gasteiger partial charge on any atom is 0.321 e. The minimum atomic E-state index is -3.85. The van der Waals surface area contributed by atoms with Gasteiger partial charge in [-0.2, -0.15) is 4.31 Å². The molecule has 1 rings (SSSR count). The second kappa shape index (κ2) is 5.89. The topological polar surface area (TPSA) is 110 Å². The molecule has 3 N–H and O–H groups in total. The van der Waals surface area contributed by atoms with Crippen molar-refractivity contribution in [1.29, 1.82) is 0 Å². The smallest absolute Gasteiger partial charge is 0.321 e. The van der Waals surface area contributed by atoms with Crippen LogP contribution in [0.5, 0.6) is 5.75 Å². The molecule has 0 unspecified atom stereocenters. The second-order valence-corrected chi connectivity index (χ2v) is 5.67. The van der Waals surface area contributed by atoms with Crippen molar-refractivity contribution in [3.8, 4) is 5.75 Å². The van der Waals surface area contributed by atoms with Gasteiger partial charge in [0.05, 0.1) is 17.7 Å². The standard InChI is InChI=1S/C11H16N2O5S/c1-3-13(7-11(15)18-2)19(16,17)8-4-5-10(14)9(12)6-8/h4-6,14H,3,7,12H2,1-2H3. The molecule has 0 saturated heterocycles. The number of carbonyl (C=O) groups excluding carboxylic acids is 1. The Kier molecular flexibility index (Phi) is 4.73. The number of likely N-dealkylation sites (N-methyl/N-ethyl adjacent to an activating group) is 1. The molecule has 19 heavy (non-hydrogen) atoms. The van der Waals surface area contributed by atoms with Gasteiger partial charge in [0, 0.05) is 6.54 Å². The normalized spacial score (nSPS) is 11.5. The van der Waals surface area contributed by atoms with Crippen molar-refractivity contribution >= 4 is 21.7 Å². The molecule has 0 aliphatic carbocycles. The molecule has 0 aliphatic heterocycles. The zero-order valence-corrected chi connectivity index (χ0v) is 11.5. The lowest BCUT2D eigenvalue weighted by molar-refractivity contribution is -0.140. The van der Waals surface area contributed by atoms with E-state index in [1.54, 1.807) is 6.92 Å². The average Bonchev–Trinajstić information content (AvgIpc) is 2.38. The molecule has 0 spiro atoms. The van der Waals surface area contributed by atoms with Gasteiger partial charge in [0.2, 0.25) is 10.0 Å². The van der Waals surface area contributed by atoms with E-state index in [-0.39, 0.29) is 29.4 Å². The number of carbonyl (C=O) groups is 1. The summed E-state index contributed by atoms with van der Waals surface area (Å²) < 4.78 is 29.9. The number of nitrogen functional groups attached to an aromatic ring is 1. The minimum Gasteiger partial charge on any atom is -0.506 e. The number of nitrogens with two attached hydrogens (primary N) is 1. The van der Waals surface area contributed by atoms with Crippen molar-refractivity contribution < 1.29 is 23.1 Å². The largest absolute Gasteiger partial charge is 0.506 e. The Labute approximate surface area is 111 Å². The number of rotatable bonds is 5. The number of hydrogen-bond acceptors (Lipinski definition) is 6. The molecule has 7 nitrogen and oxygen atoms in total. The molecule has 8 heteroatoms. The van der Waals surface area contributed by atoms with Gasteiger partial charge in [-0.3, -0.25) is 4.79 Å². The fourth-order valence-electron chi connectivity index (χ4n) is 1.42.